The highest BCUT2D eigenvalue weighted by Gasteiger charge is 2.46. The Morgan fingerprint density at radius 3 is 1.43 bits per heavy atom. The minimum Gasteiger partial charge on any atom is -0.373 e. The lowest BCUT2D eigenvalue weighted by molar-refractivity contribution is 0.283. The van der Waals surface area contributed by atoms with Crippen molar-refractivity contribution in [3.8, 4) is 0 Å². The summed E-state index contributed by atoms with van der Waals surface area (Å²) in [6.45, 7) is 24.8. The SMILES string of the molecule is CC1CC2O[C@@H]2C1.CCCC1O[C@H]1CC.CCC[C@@H]1CO1.CCC[C@@]1(C)CO1.CCC[C@H]1OC1(C)C.C[C@H]1CO1. The largest absolute Gasteiger partial charge is 0.373 e. The predicted octanol–water partition coefficient (Wildman–Crippen LogP) is 8.28. The van der Waals surface area contributed by atoms with E-state index in [9.17, 15) is 0 Å². The van der Waals surface area contributed by atoms with Gasteiger partial charge in [0.05, 0.1) is 73.8 Å². The molecule has 0 aromatic rings. The Labute approximate surface area is 247 Å². The summed E-state index contributed by atoms with van der Waals surface area (Å²) in [5.74, 6) is 0.948. The average molecular weight is 571 g/mol. The molecule has 0 spiro atoms. The average Bonchev–Trinajstić information content (AvgIpc) is 3.69. The van der Waals surface area contributed by atoms with Crippen molar-refractivity contribution in [2.75, 3.05) is 19.8 Å². The van der Waals surface area contributed by atoms with Crippen molar-refractivity contribution in [3.05, 3.63) is 0 Å². The van der Waals surface area contributed by atoms with Gasteiger partial charge in [-0.2, -0.15) is 0 Å². The van der Waals surface area contributed by atoms with Gasteiger partial charge in [0, 0.05) is 0 Å². The zero-order chi connectivity index (χ0) is 29.8. The van der Waals surface area contributed by atoms with Gasteiger partial charge in [-0.1, -0.05) is 67.2 Å². The Hall–Kier alpha value is -0.240. The molecular formula is C34H66O6. The van der Waals surface area contributed by atoms with Gasteiger partial charge >= 0.3 is 0 Å². The molecule has 1 saturated carbocycles. The number of fused-ring (bicyclic) bond motifs is 1. The van der Waals surface area contributed by atoms with Crippen LogP contribution >= 0.6 is 0 Å². The first-order valence-corrected chi connectivity index (χ1v) is 16.9. The molecule has 0 N–H and O–H groups in total. The van der Waals surface area contributed by atoms with Crippen molar-refractivity contribution < 1.29 is 28.4 Å². The third-order valence-electron chi connectivity index (χ3n) is 8.26. The molecule has 0 amide bonds. The van der Waals surface area contributed by atoms with Crippen LogP contribution in [0.15, 0.2) is 0 Å². The number of epoxide rings is 6. The Bertz CT molecular complexity index is 647. The van der Waals surface area contributed by atoms with Gasteiger partial charge in [-0.25, -0.2) is 0 Å². The molecule has 6 saturated heterocycles. The molecule has 7 aliphatic rings. The molecule has 0 radical (unpaired) electrons. The van der Waals surface area contributed by atoms with Gasteiger partial charge in [-0.3, -0.25) is 0 Å². The standard InChI is InChI=1S/2C7H14O.C6H10O.C6H12O.C5H10O.C3H6O/c1-4-5-6-7(2,3)8-6;1-3-5-7-6(4-2)8-7;1-4-2-5-6(3-4)7-5;1-3-4-6(2)5-7-6;1-2-3-5-4-6-5;1-3-2-4-3/h6H,4-5H2,1-3H3;6-7H,3-5H2,1-2H3;4-6H,2-3H2,1H3;3-5H2,1-2H3;5H,2-4H2,1H3;3H,2H2,1H3/t6-;6-,7?;4?,5-,6?;6-;5-;3-/m101010/s1. The molecule has 1 aliphatic carbocycles. The van der Waals surface area contributed by atoms with Crippen LogP contribution in [-0.4, -0.2) is 73.8 Å². The van der Waals surface area contributed by atoms with E-state index in [0.717, 1.165) is 25.7 Å². The summed E-state index contributed by atoms with van der Waals surface area (Å²) in [4.78, 5) is 0. The summed E-state index contributed by atoms with van der Waals surface area (Å²) in [5, 5.41) is 0. The second kappa shape index (κ2) is 17.8. The van der Waals surface area contributed by atoms with Crippen LogP contribution in [0.1, 0.15) is 140 Å². The molecule has 0 aromatic carbocycles. The van der Waals surface area contributed by atoms with E-state index in [1.165, 1.54) is 70.6 Å². The second-order valence-corrected chi connectivity index (χ2v) is 13.6. The molecule has 3 unspecified atom stereocenters. The summed E-state index contributed by atoms with van der Waals surface area (Å²) in [5.41, 5.74) is 0.519. The normalized spacial score (nSPS) is 38.9. The van der Waals surface area contributed by atoms with Crippen LogP contribution in [0.3, 0.4) is 0 Å². The summed E-state index contributed by atoms with van der Waals surface area (Å²) >= 11 is 0. The molecule has 0 aromatic heterocycles. The Morgan fingerprint density at radius 1 is 0.700 bits per heavy atom. The lowest BCUT2D eigenvalue weighted by Gasteiger charge is -1.98. The number of hydrogen-bond acceptors (Lipinski definition) is 6. The van der Waals surface area contributed by atoms with E-state index >= 15 is 0 Å². The van der Waals surface area contributed by atoms with Crippen molar-refractivity contribution in [2.24, 2.45) is 5.92 Å². The highest BCUT2D eigenvalue weighted by molar-refractivity contribution is 4.94. The van der Waals surface area contributed by atoms with Crippen molar-refractivity contribution >= 4 is 0 Å². The highest BCUT2D eigenvalue weighted by atomic mass is 16.6. The van der Waals surface area contributed by atoms with Crippen LogP contribution in [-0.2, 0) is 28.4 Å². The quantitative estimate of drug-likeness (QED) is 0.260. The van der Waals surface area contributed by atoms with Crippen LogP contribution in [0.5, 0.6) is 0 Å². The molecule has 7 fully saturated rings. The van der Waals surface area contributed by atoms with Crippen LogP contribution in [0.4, 0.5) is 0 Å². The van der Waals surface area contributed by atoms with Gasteiger partial charge in [0.1, 0.15) is 0 Å². The predicted molar refractivity (Wildman–Crippen MR) is 164 cm³/mol. The topological polar surface area (TPSA) is 75.2 Å². The fourth-order valence-corrected chi connectivity index (χ4v) is 5.01. The van der Waals surface area contributed by atoms with Gasteiger partial charge in [0.15, 0.2) is 0 Å². The number of hydrogen-bond donors (Lipinski definition) is 0. The first kappa shape index (κ1) is 36.0. The third kappa shape index (κ3) is 17.0. The second-order valence-electron chi connectivity index (χ2n) is 13.6. The zero-order valence-corrected chi connectivity index (χ0v) is 28.0. The van der Waals surface area contributed by atoms with E-state index in [4.69, 9.17) is 28.4 Å². The van der Waals surface area contributed by atoms with Gasteiger partial charge in [0.25, 0.3) is 0 Å². The van der Waals surface area contributed by atoms with Gasteiger partial charge in [0.2, 0.25) is 0 Å². The molecule has 6 nitrogen and oxygen atoms in total. The monoisotopic (exact) mass is 570 g/mol. The minimum atomic E-state index is 0.218. The van der Waals surface area contributed by atoms with Crippen LogP contribution in [0, 0.1) is 5.92 Å². The Morgan fingerprint density at radius 2 is 1.23 bits per heavy atom. The molecule has 6 heteroatoms. The fraction of sp³-hybridized carbons (Fsp3) is 1.00. The lowest BCUT2D eigenvalue weighted by Crippen LogP contribution is -2.01. The van der Waals surface area contributed by atoms with Crippen LogP contribution < -0.4 is 0 Å². The summed E-state index contributed by atoms with van der Waals surface area (Å²) in [6, 6.07) is 0. The van der Waals surface area contributed by atoms with E-state index < -0.39 is 0 Å². The minimum absolute atomic E-state index is 0.218. The van der Waals surface area contributed by atoms with Crippen molar-refractivity contribution in [3.63, 3.8) is 0 Å². The van der Waals surface area contributed by atoms with Gasteiger partial charge in [-0.15, -0.1) is 0 Å². The number of rotatable bonds is 9. The van der Waals surface area contributed by atoms with E-state index in [1.54, 1.807) is 0 Å². The Balaban J connectivity index is 0.000000170. The third-order valence-corrected chi connectivity index (χ3v) is 8.26. The van der Waals surface area contributed by atoms with Crippen molar-refractivity contribution in [1.29, 1.82) is 0 Å². The molecule has 6 heterocycles. The first-order chi connectivity index (χ1) is 19.0. The summed E-state index contributed by atoms with van der Waals surface area (Å²) in [6.07, 6.45) is 18.3. The lowest BCUT2D eigenvalue weighted by atomic mass is 10.1. The molecule has 9 atom stereocenters. The summed E-state index contributed by atoms with van der Waals surface area (Å²) < 4.78 is 30.7. The molecule has 0 bridgehead atoms. The van der Waals surface area contributed by atoms with Gasteiger partial charge in [-0.05, 0) is 78.6 Å². The van der Waals surface area contributed by atoms with Gasteiger partial charge < -0.3 is 28.4 Å². The molecule has 238 valence electrons. The highest BCUT2D eigenvalue weighted by Crippen LogP contribution is 2.41. The fourth-order valence-electron chi connectivity index (χ4n) is 5.01. The van der Waals surface area contributed by atoms with E-state index in [-0.39, 0.29) is 5.60 Å². The maximum Gasteiger partial charge on any atom is 0.0892 e. The number of ether oxygens (including phenoxy) is 6. The Kier molecular flexibility index (Phi) is 16.0. The summed E-state index contributed by atoms with van der Waals surface area (Å²) in [7, 11) is 0. The zero-order valence-electron chi connectivity index (χ0n) is 28.0. The molecule has 7 rings (SSSR count). The molecular weight excluding hydrogens is 504 g/mol. The van der Waals surface area contributed by atoms with Crippen molar-refractivity contribution in [1.82, 2.24) is 0 Å². The molecule has 6 aliphatic heterocycles. The van der Waals surface area contributed by atoms with Crippen LogP contribution in [0.2, 0.25) is 0 Å². The maximum atomic E-state index is 5.34. The first-order valence-electron chi connectivity index (χ1n) is 16.9. The maximum absolute atomic E-state index is 5.34. The van der Waals surface area contributed by atoms with Crippen molar-refractivity contribution in [2.45, 2.75) is 194 Å². The van der Waals surface area contributed by atoms with E-state index in [1.807, 2.05) is 0 Å². The van der Waals surface area contributed by atoms with E-state index in [2.05, 4.69) is 69.2 Å². The molecule has 40 heavy (non-hydrogen) atoms. The smallest absolute Gasteiger partial charge is 0.0892 e. The van der Waals surface area contributed by atoms with E-state index in [0.29, 0.717) is 48.3 Å². The van der Waals surface area contributed by atoms with Crippen LogP contribution in [0.25, 0.3) is 0 Å².